The molecule has 6 nitrogen and oxygen atoms in total. The molecule has 0 atom stereocenters. The topological polar surface area (TPSA) is 88.0 Å². The van der Waals surface area contributed by atoms with Crippen molar-refractivity contribution in [2.75, 3.05) is 6.61 Å². The summed E-state index contributed by atoms with van der Waals surface area (Å²) in [6.07, 6.45) is 1.43. The summed E-state index contributed by atoms with van der Waals surface area (Å²) in [7, 11) is 0. The summed E-state index contributed by atoms with van der Waals surface area (Å²) in [5, 5.41) is 12.6. The van der Waals surface area contributed by atoms with Gasteiger partial charge in [0.05, 0.1) is 16.3 Å². The van der Waals surface area contributed by atoms with Gasteiger partial charge >= 0.3 is 5.97 Å². The number of amides is 1. The second-order valence-corrected chi connectivity index (χ2v) is 6.26. The molecule has 7 heteroatoms. The molecule has 130 valence electrons. The molecular weight excluding hydrogens is 388 g/mol. The fourth-order valence-electron chi connectivity index (χ4n) is 2.15. The summed E-state index contributed by atoms with van der Waals surface area (Å²) in [6.45, 7) is 3.72. The van der Waals surface area contributed by atoms with E-state index in [9.17, 15) is 9.59 Å². The van der Waals surface area contributed by atoms with Gasteiger partial charge in [0, 0.05) is 0 Å². The van der Waals surface area contributed by atoms with E-state index >= 15 is 0 Å². The number of halogens is 1. The Morgan fingerprint density at radius 2 is 1.92 bits per heavy atom. The second-order valence-electron chi connectivity index (χ2n) is 5.40. The van der Waals surface area contributed by atoms with Gasteiger partial charge in [-0.05, 0) is 64.7 Å². The van der Waals surface area contributed by atoms with Gasteiger partial charge in [0.1, 0.15) is 5.75 Å². The van der Waals surface area contributed by atoms with E-state index in [1.807, 2.05) is 26.0 Å². The summed E-state index contributed by atoms with van der Waals surface area (Å²) in [6, 6.07) is 10.0. The van der Waals surface area contributed by atoms with E-state index in [4.69, 9.17) is 9.84 Å². The Balaban J connectivity index is 1.87. The zero-order valence-electron chi connectivity index (χ0n) is 13.7. The number of ether oxygens (including phenoxy) is 1. The van der Waals surface area contributed by atoms with E-state index in [-0.39, 0.29) is 12.2 Å². The Labute approximate surface area is 153 Å². The number of hydrazone groups is 1. The molecule has 2 N–H and O–H groups in total. The summed E-state index contributed by atoms with van der Waals surface area (Å²) in [5.41, 5.74) is 5.25. The molecule has 2 rings (SSSR count). The third-order valence-electron chi connectivity index (χ3n) is 3.28. The third-order valence-corrected chi connectivity index (χ3v) is 3.87. The van der Waals surface area contributed by atoms with Crippen LogP contribution in [0, 0.1) is 13.8 Å². The second kappa shape index (κ2) is 8.43. The van der Waals surface area contributed by atoms with E-state index in [2.05, 4.69) is 26.5 Å². The molecule has 0 unspecified atom stereocenters. The van der Waals surface area contributed by atoms with Crippen molar-refractivity contribution in [3.8, 4) is 5.75 Å². The molecule has 0 bridgehead atoms. The Kier molecular flexibility index (Phi) is 6.30. The number of nitrogens with zero attached hydrogens (tertiary/aromatic N) is 1. The molecule has 0 aliphatic rings. The number of hydrogen-bond donors (Lipinski definition) is 2. The molecule has 1 amide bonds. The first kappa shape index (κ1) is 18.7. The van der Waals surface area contributed by atoms with Gasteiger partial charge in [-0.25, -0.2) is 10.2 Å². The molecule has 0 radical (unpaired) electrons. The molecule has 0 heterocycles. The number of aromatic carboxylic acids is 1. The zero-order chi connectivity index (χ0) is 18.4. The van der Waals surface area contributed by atoms with Crippen LogP contribution < -0.4 is 10.2 Å². The average Bonchev–Trinajstić information content (AvgIpc) is 2.54. The van der Waals surface area contributed by atoms with Crippen molar-refractivity contribution in [3.05, 3.63) is 63.1 Å². The molecular formula is C18H17BrN2O4. The van der Waals surface area contributed by atoms with Crippen molar-refractivity contribution >= 4 is 34.0 Å². The van der Waals surface area contributed by atoms with E-state index in [1.54, 1.807) is 12.1 Å². The van der Waals surface area contributed by atoms with Gasteiger partial charge in [-0.15, -0.1) is 0 Å². The first-order valence-corrected chi connectivity index (χ1v) is 8.21. The van der Waals surface area contributed by atoms with Gasteiger partial charge < -0.3 is 9.84 Å². The SMILES string of the molecule is Cc1cc(C)c(OCC(=O)N/N=C\c2ccc(C(=O)O)cc2)c(Br)c1. The van der Waals surface area contributed by atoms with Gasteiger partial charge in [0.2, 0.25) is 0 Å². The predicted molar refractivity (Wildman–Crippen MR) is 98.2 cm³/mol. The van der Waals surface area contributed by atoms with Crippen molar-refractivity contribution < 1.29 is 19.4 Å². The molecule has 0 aromatic heterocycles. The zero-order valence-corrected chi connectivity index (χ0v) is 15.3. The number of benzene rings is 2. The highest BCUT2D eigenvalue weighted by Gasteiger charge is 2.09. The lowest BCUT2D eigenvalue weighted by atomic mass is 10.1. The van der Waals surface area contributed by atoms with Crippen molar-refractivity contribution in [2.45, 2.75) is 13.8 Å². The van der Waals surface area contributed by atoms with Crippen molar-refractivity contribution in [3.63, 3.8) is 0 Å². The number of rotatable bonds is 6. The molecule has 2 aromatic carbocycles. The van der Waals surface area contributed by atoms with Crippen LogP contribution >= 0.6 is 15.9 Å². The van der Waals surface area contributed by atoms with Gasteiger partial charge in [-0.1, -0.05) is 18.2 Å². The van der Waals surface area contributed by atoms with Crippen LogP contribution in [-0.2, 0) is 4.79 Å². The minimum Gasteiger partial charge on any atom is -0.482 e. The highest BCUT2D eigenvalue weighted by Crippen LogP contribution is 2.30. The smallest absolute Gasteiger partial charge is 0.335 e. The summed E-state index contributed by atoms with van der Waals surface area (Å²) >= 11 is 3.42. The van der Waals surface area contributed by atoms with Crippen molar-refractivity contribution in [1.29, 1.82) is 0 Å². The number of carbonyl (C=O) groups is 2. The quantitative estimate of drug-likeness (QED) is 0.570. The van der Waals surface area contributed by atoms with E-state index in [1.165, 1.54) is 18.3 Å². The Morgan fingerprint density at radius 3 is 2.52 bits per heavy atom. The Hall–Kier alpha value is -2.67. The van der Waals surface area contributed by atoms with Crippen LogP contribution in [-0.4, -0.2) is 29.8 Å². The molecule has 0 spiro atoms. The van der Waals surface area contributed by atoms with Crippen LogP contribution in [0.25, 0.3) is 0 Å². The minimum atomic E-state index is -0.994. The summed E-state index contributed by atoms with van der Waals surface area (Å²) in [5.74, 6) is -0.772. The molecule has 0 saturated carbocycles. The van der Waals surface area contributed by atoms with Crippen LogP contribution in [0.5, 0.6) is 5.75 Å². The first-order valence-electron chi connectivity index (χ1n) is 7.41. The fraction of sp³-hybridized carbons (Fsp3) is 0.167. The molecule has 0 saturated heterocycles. The number of aryl methyl sites for hydroxylation is 2. The highest BCUT2D eigenvalue weighted by atomic mass is 79.9. The lowest BCUT2D eigenvalue weighted by Gasteiger charge is -2.11. The normalized spacial score (nSPS) is 10.7. The van der Waals surface area contributed by atoms with E-state index < -0.39 is 11.9 Å². The standard InChI is InChI=1S/C18H17BrN2O4/c1-11-7-12(2)17(15(19)8-11)25-10-16(22)21-20-9-13-3-5-14(6-4-13)18(23)24/h3-9H,10H2,1-2H3,(H,21,22)(H,23,24)/b20-9-. The maximum absolute atomic E-state index is 11.8. The van der Waals surface area contributed by atoms with Gasteiger partial charge in [-0.3, -0.25) is 4.79 Å². The maximum Gasteiger partial charge on any atom is 0.335 e. The Morgan fingerprint density at radius 1 is 1.24 bits per heavy atom. The number of nitrogens with one attached hydrogen (secondary N) is 1. The van der Waals surface area contributed by atoms with Crippen LogP contribution in [0.15, 0.2) is 46.0 Å². The van der Waals surface area contributed by atoms with Crippen LogP contribution in [0.1, 0.15) is 27.0 Å². The van der Waals surface area contributed by atoms with Gasteiger partial charge in [-0.2, -0.15) is 5.10 Å². The number of carbonyl (C=O) groups excluding carboxylic acids is 1. The molecule has 0 fully saturated rings. The summed E-state index contributed by atoms with van der Waals surface area (Å²) < 4.78 is 6.32. The lowest BCUT2D eigenvalue weighted by Crippen LogP contribution is -2.24. The largest absolute Gasteiger partial charge is 0.482 e. The van der Waals surface area contributed by atoms with Gasteiger partial charge in [0.25, 0.3) is 5.91 Å². The molecule has 2 aromatic rings. The predicted octanol–water partition coefficient (Wildman–Crippen LogP) is 3.29. The maximum atomic E-state index is 11.8. The minimum absolute atomic E-state index is 0.169. The first-order chi connectivity index (χ1) is 11.9. The Bertz CT molecular complexity index is 793. The monoisotopic (exact) mass is 404 g/mol. The van der Waals surface area contributed by atoms with E-state index in [0.29, 0.717) is 11.3 Å². The number of carboxylic acids is 1. The average molecular weight is 405 g/mol. The third kappa shape index (κ3) is 5.42. The van der Waals surface area contributed by atoms with Crippen LogP contribution in [0.2, 0.25) is 0 Å². The lowest BCUT2D eigenvalue weighted by molar-refractivity contribution is -0.123. The van der Waals surface area contributed by atoms with E-state index in [0.717, 1.165) is 15.6 Å². The van der Waals surface area contributed by atoms with Crippen molar-refractivity contribution in [2.24, 2.45) is 5.10 Å². The fourth-order valence-corrected chi connectivity index (χ4v) is 2.93. The van der Waals surface area contributed by atoms with Crippen LogP contribution in [0.3, 0.4) is 0 Å². The summed E-state index contributed by atoms with van der Waals surface area (Å²) in [4.78, 5) is 22.6. The molecule has 0 aliphatic heterocycles. The molecule has 0 aliphatic carbocycles. The van der Waals surface area contributed by atoms with Gasteiger partial charge in [0.15, 0.2) is 6.61 Å². The molecule has 25 heavy (non-hydrogen) atoms. The van der Waals surface area contributed by atoms with Crippen molar-refractivity contribution in [1.82, 2.24) is 5.43 Å². The number of carboxylic acid groups (broad SMARTS) is 1. The van der Waals surface area contributed by atoms with Crippen LogP contribution in [0.4, 0.5) is 0 Å². The highest BCUT2D eigenvalue weighted by molar-refractivity contribution is 9.10. The number of hydrogen-bond acceptors (Lipinski definition) is 4.